The number of pyridine rings is 2. The van der Waals surface area contributed by atoms with Crippen LogP contribution in [0.15, 0.2) is 36.7 Å². The van der Waals surface area contributed by atoms with Crippen LogP contribution in [-0.4, -0.2) is 68.3 Å². The van der Waals surface area contributed by atoms with Crippen LogP contribution in [0.4, 0.5) is 19.0 Å². The van der Waals surface area contributed by atoms with E-state index in [2.05, 4.69) is 20.2 Å². The highest BCUT2D eigenvalue weighted by atomic mass is 19.4. The Balaban J connectivity index is 1.18. The van der Waals surface area contributed by atoms with Gasteiger partial charge in [-0.2, -0.15) is 18.3 Å². The summed E-state index contributed by atoms with van der Waals surface area (Å²) in [6.45, 7) is -0.0745. The summed E-state index contributed by atoms with van der Waals surface area (Å²) in [4.78, 5) is 38.0. The van der Waals surface area contributed by atoms with Gasteiger partial charge in [0.25, 0.3) is 0 Å². The first-order chi connectivity index (χ1) is 17.2. The number of fused-ring (bicyclic) bond motifs is 3. The summed E-state index contributed by atoms with van der Waals surface area (Å²) in [5, 5.41) is 6.77. The van der Waals surface area contributed by atoms with Crippen molar-refractivity contribution in [2.75, 3.05) is 18.0 Å². The zero-order chi connectivity index (χ0) is 25.1. The normalized spacial score (nSPS) is 25.5. The largest absolute Gasteiger partial charge is 0.474 e. The molecule has 1 atom stereocenters. The van der Waals surface area contributed by atoms with E-state index < -0.39 is 30.0 Å². The number of alkyl halides is 3. The number of carbonyl (C=O) groups excluding carboxylic acids is 2. The molecule has 5 heterocycles. The number of halogens is 3. The molecule has 0 radical (unpaired) electrons. The fourth-order valence-electron chi connectivity index (χ4n) is 5.72. The summed E-state index contributed by atoms with van der Waals surface area (Å²) in [5.74, 6) is 0.0545. The van der Waals surface area contributed by atoms with Gasteiger partial charge >= 0.3 is 6.18 Å². The number of nitrogens with zero attached hydrogens (tertiary/aromatic N) is 5. The second kappa shape index (κ2) is 8.17. The topological polar surface area (TPSA) is 104 Å². The van der Waals surface area contributed by atoms with Gasteiger partial charge < -0.3 is 9.64 Å². The van der Waals surface area contributed by atoms with E-state index in [9.17, 15) is 22.8 Å². The van der Waals surface area contributed by atoms with E-state index in [4.69, 9.17) is 4.74 Å². The maximum Gasteiger partial charge on any atom is 0.391 e. The second-order valence-electron chi connectivity index (χ2n) is 9.65. The molecule has 2 fully saturated rings. The molecule has 9 nitrogen and oxygen atoms in total. The lowest BCUT2D eigenvalue weighted by Crippen LogP contribution is -2.55. The number of H-pyrrole nitrogens is 1. The van der Waals surface area contributed by atoms with Crippen LogP contribution in [0, 0.1) is 0 Å². The maximum absolute atomic E-state index is 13.6. The molecule has 1 spiro atoms. The summed E-state index contributed by atoms with van der Waals surface area (Å²) in [6.07, 6.45) is -0.919. The van der Waals surface area contributed by atoms with E-state index in [0.717, 1.165) is 5.52 Å². The van der Waals surface area contributed by atoms with Crippen molar-refractivity contribution >= 4 is 28.7 Å². The number of anilines is 1. The third-order valence-corrected chi connectivity index (χ3v) is 7.38. The number of amides is 2. The van der Waals surface area contributed by atoms with E-state index >= 15 is 0 Å². The number of ether oxygens (including phenoxy) is 1. The number of nitrogens with one attached hydrogen (secondary N) is 1. The van der Waals surface area contributed by atoms with Gasteiger partial charge in [-0.1, -0.05) is 6.07 Å². The third-order valence-electron chi connectivity index (χ3n) is 7.38. The lowest BCUT2D eigenvalue weighted by atomic mass is 9.63. The van der Waals surface area contributed by atoms with Gasteiger partial charge in [-0.05, 0) is 25.0 Å². The Kier molecular flexibility index (Phi) is 5.16. The fourth-order valence-corrected chi connectivity index (χ4v) is 5.72. The van der Waals surface area contributed by atoms with Gasteiger partial charge in [0, 0.05) is 43.3 Å². The molecule has 2 aliphatic heterocycles. The number of hydrogen-bond acceptors (Lipinski definition) is 6. The fraction of sp³-hybridized carbons (Fsp3) is 0.458. The van der Waals surface area contributed by atoms with Crippen molar-refractivity contribution in [2.24, 2.45) is 0 Å². The number of likely N-dealkylation sites (tertiary alicyclic amines) is 1. The third kappa shape index (κ3) is 3.75. The zero-order valence-electron chi connectivity index (χ0n) is 19.2. The standard InChI is InChI=1S/C24H23F3N6O3/c25-24(26,27)9-14-3-2-8-32(14)20(34)13-33-21-16(4-1-7-28-21)23(22(33)35)10-15(11-23)36-19-6-5-17-18(30-19)12-29-31-17/h1,4-7,12,14-15H,2-3,8-11,13H2,(H,29,31)/t14-,15?,23?/m0/s1. The highest BCUT2D eigenvalue weighted by Crippen LogP contribution is 2.53. The first-order valence-electron chi connectivity index (χ1n) is 11.8. The molecule has 36 heavy (non-hydrogen) atoms. The van der Waals surface area contributed by atoms with Crippen molar-refractivity contribution in [3.63, 3.8) is 0 Å². The minimum absolute atomic E-state index is 0.256. The molecule has 12 heteroatoms. The van der Waals surface area contributed by atoms with Crippen LogP contribution in [-0.2, 0) is 15.0 Å². The number of aromatic amines is 1. The summed E-state index contributed by atoms with van der Waals surface area (Å²) < 4.78 is 45.0. The van der Waals surface area contributed by atoms with Crippen LogP contribution in [0.2, 0.25) is 0 Å². The summed E-state index contributed by atoms with van der Waals surface area (Å²) in [7, 11) is 0. The molecule has 6 rings (SSSR count). The molecule has 1 saturated carbocycles. The Labute approximate surface area is 203 Å². The van der Waals surface area contributed by atoms with Crippen LogP contribution in [0.3, 0.4) is 0 Å². The van der Waals surface area contributed by atoms with Crippen molar-refractivity contribution < 1.29 is 27.5 Å². The van der Waals surface area contributed by atoms with Gasteiger partial charge in [0.05, 0.1) is 23.5 Å². The Morgan fingerprint density at radius 1 is 1.25 bits per heavy atom. The molecular formula is C24H23F3N6O3. The van der Waals surface area contributed by atoms with Crippen LogP contribution in [0.1, 0.15) is 37.7 Å². The number of hydrogen-bond donors (Lipinski definition) is 1. The molecule has 1 aliphatic carbocycles. The van der Waals surface area contributed by atoms with Crippen molar-refractivity contribution in [2.45, 2.75) is 55.8 Å². The first-order valence-corrected chi connectivity index (χ1v) is 11.8. The average Bonchev–Trinajstić information content (AvgIpc) is 3.51. The monoisotopic (exact) mass is 500 g/mol. The van der Waals surface area contributed by atoms with E-state index in [-0.39, 0.29) is 25.1 Å². The van der Waals surface area contributed by atoms with Crippen LogP contribution < -0.4 is 9.64 Å². The second-order valence-corrected chi connectivity index (χ2v) is 9.65. The molecule has 3 aromatic rings. The number of aromatic nitrogens is 4. The Morgan fingerprint density at radius 2 is 2.08 bits per heavy atom. The zero-order valence-corrected chi connectivity index (χ0v) is 19.2. The highest BCUT2D eigenvalue weighted by Gasteiger charge is 2.60. The van der Waals surface area contributed by atoms with Crippen LogP contribution in [0.5, 0.6) is 5.88 Å². The van der Waals surface area contributed by atoms with Crippen molar-refractivity contribution in [1.82, 2.24) is 25.1 Å². The van der Waals surface area contributed by atoms with Gasteiger partial charge in [-0.15, -0.1) is 0 Å². The van der Waals surface area contributed by atoms with Crippen LogP contribution >= 0.6 is 0 Å². The highest BCUT2D eigenvalue weighted by molar-refractivity contribution is 6.10. The molecule has 0 aromatic carbocycles. The Hall–Kier alpha value is -3.70. The quantitative estimate of drug-likeness (QED) is 0.577. The number of rotatable bonds is 5. The van der Waals surface area contributed by atoms with Crippen LogP contribution in [0.25, 0.3) is 11.0 Å². The number of carbonyl (C=O) groups is 2. The summed E-state index contributed by atoms with van der Waals surface area (Å²) >= 11 is 0. The Bertz CT molecular complexity index is 1340. The molecule has 1 saturated heterocycles. The first kappa shape index (κ1) is 22.7. The lowest BCUT2D eigenvalue weighted by molar-refractivity contribution is -0.151. The van der Waals surface area contributed by atoms with Gasteiger partial charge in [0.15, 0.2) is 0 Å². The predicted molar refractivity (Wildman–Crippen MR) is 121 cm³/mol. The lowest BCUT2D eigenvalue weighted by Gasteiger charge is -2.43. The minimum Gasteiger partial charge on any atom is -0.474 e. The van der Waals surface area contributed by atoms with Gasteiger partial charge in [0.1, 0.15) is 24.0 Å². The molecule has 1 N–H and O–H groups in total. The van der Waals surface area contributed by atoms with Gasteiger partial charge in [0.2, 0.25) is 17.7 Å². The van der Waals surface area contributed by atoms with Crippen molar-refractivity contribution in [1.29, 1.82) is 0 Å². The molecule has 3 aromatic heterocycles. The summed E-state index contributed by atoms with van der Waals surface area (Å²) in [6, 6.07) is 6.21. The van der Waals surface area contributed by atoms with E-state index in [1.54, 1.807) is 24.5 Å². The van der Waals surface area contributed by atoms with E-state index in [0.29, 0.717) is 48.5 Å². The minimum atomic E-state index is -4.35. The molecular weight excluding hydrogens is 477 g/mol. The van der Waals surface area contributed by atoms with Gasteiger partial charge in [-0.3, -0.25) is 19.6 Å². The molecule has 0 unspecified atom stereocenters. The smallest absolute Gasteiger partial charge is 0.391 e. The summed E-state index contributed by atoms with van der Waals surface area (Å²) in [5.41, 5.74) is 1.30. The van der Waals surface area contributed by atoms with Crippen molar-refractivity contribution in [3.05, 3.63) is 42.2 Å². The SMILES string of the molecule is O=C(CN1C(=O)C2(CC(Oc3ccc4[nH]ncc4n3)C2)c2cccnc21)N1CCC[C@H]1CC(F)(F)F. The van der Waals surface area contributed by atoms with E-state index in [1.165, 1.54) is 9.80 Å². The van der Waals surface area contributed by atoms with E-state index in [1.807, 2.05) is 12.1 Å². The van der Waals surface area contributed by atoms with Gasteiger partial charge in [-0.25, -0.2) is 9.97 Å². The predicted octanol–water partition coefficient (Wildman–Crippen LogP) is 3.12. The average molecular weight is 500 g/mol. The maximum atomic E-state index is 13.6. The molecule has 3 aliphatic rings. The molecule has 0 bridgehead atoms. The molecule has 188 valence electrons. The van der Waals surface area contributed by atoms with Crippen molar-refractivity contribution in [3.8, 4) is 5.88 Å². The Morgan fingerprint density at radius 3 is 2.89 bits per heavy atom. The molecule has 2 amide bonds.